The molecule has 20 heavy (non-hydrogen) atoms. The molecule has 6 heteroatoms. The zero-order valence-electron chi connectivity index (χ0n) is 11.7. The number of carbonyl (C=O) groups is 1. The highest BCUT2D eigenvalue weighted by Crippen LogP contribution is 2.23. The second kappa shape index (κ2) is 6.78. The summed E-state index contributed by atoms with van der Waals surface area (Å²) in [4.78, 5) is 17.8. The molecule has 2 atom stereocenters. The summed E-state index contributed by atoms with van der Waals surface area (Å²) in [7, 11) is 1.98. The average molecular weight is 278 g/mol. The van der Waals surface area contributed by atoms with E-state index in [2.05, 4.69) is 15.3 Å². The van der Waals surface area contributed by atoms with Gasteiger partial charge in [-0.3, -0.25) is 15.1 Å². The van der Waals surface area contributed by atoms with Crippen molar-refractivity contribution in [2.75, 3.05) is 7.05 Å². The lowest BCUT2D eigenvalue weighted by Crippen LogP contribution is -2.43. The number of hydrogen-bond acceptors (Lipinski definition) is 5. The van der Waals surface area contributed by atoms with Crippen LogP contribution < -0.4 is 11.3 Å². The van der Waals surface area contributed by atoms with Crippen LogP contribution in [0.3, 0.4) is 0 Å². The van der Waals surface area contributed by atoms with Crippen molar-refractivity contribution in [1.82, 2.24) is 15.3 Å². The predicted octanol–water partition coefficient (Wildman–Crippen LogP) is 0.420. The number of carbonyl (C=O) groups excluding carboxylic acids is 1. The highest BCUT2D eigenvalue weighted by molar-refractivity contribution is 5.91. The second-order valence-corrected chi connectivity index (χ2v) is 5.32. The number of hydrogen-bond donors (Lipinski definition) is 3. The summed E-state index contributed by atoms with van der Waals surface area (Å²) in [5, 5.41) is 10.1. The van der Waals surface area contributed by atoms with E-state index in [-0.39, 0.29) is 12.1 Å². The first-order chi connectivity index (χ1) is 9.61. The second-order valence-electron chi connectivity index (χ2n) is 5.32. The number of pyridine rings is 1. The Morgan fingerprint density at radius 3 is 2.95 bits per heavy atom. The fourth-order valence-corrected chi connectivity index (χ4v) is 2.75. The summed E-state index contributed by atoms with van der Waals surface area (Å²) in [5.74, 6) is 4.71. The number of aliphatic hydroxyl groups is 1. The average Bonchev–Trinajstić information content (AvgIpc) is 2.47. The van der Waals surface area contributed by atoms with Crippen LogP contribution in [0.15, 0.2) is 18.2 Å². The molecule has 0 aromatic carbocycles. The Kier molecular flexibility index (Phi) is 5.05. The van der Waals surface area contributed by atoms with E-state index in [1.54, 1.807) is 12.1 Å². The number of nitrogens with zero attached hydrogens (tertiary/aromatic N) is 2. The Balaban J connectivity index is 2.03. The first kappa shape index (κ1) is 14.9. The van der Waals surface area contributed by atoms with Gasteiger partial charge in [0.05, 0.1) is 11.8 Å². The third-order valence-electron chi connectivity index (χ3n) is 3.84. The van der Waals surface area contributed by atoms with Gasteiger partial charge in [-0.2, -0.15) is 0 Å². The van der Waals surface area contributed by atoms with Crippen molar-refractivity contribution in [2.24, 2.45) is 5.84 Å². The number of nitrogens with one attached hydrogen (secondary N) is 1. The standard InChI is InChI=1S/C14H22N4O2/c1-18(12-7-2-3-8-13(12)19)9-10-5-4-6-11(16-10)14(20)17-15/h4-6,12-13,19H,2-3,7-9,15H2,1H3,(H,17,20). The van der Waals surface area contributed by atoms with Crippen LogP contribution in [0.1, 0.15) is 41.9 Å². The molecule has 1 saturated carbocycles. The maximum Gasteiger partial charge on any atom is 0.283 e. The van der Waals surface area contributed by atoms with Crippen molar-refractivity contribution < 1.29 is 9.90 Å². The van der Waals surface area contributed by atoms with Crippen LogP contribution in [-0.4, -0.2) is 40.1 Å². The van der Waals surface area contributed by atoms with Gasteiger partial charge in [0.1, 0.15) is 5.69 Å². The number of likely N-dealkylation sites (N-methyl/N-ethyl adjacent to an activating group) is 1. The summed E-state index contributed by atoms with van der Waals surface area (Å²) in [6.07, 6.45) is 3.83. The van der Waals surface area contributed by atoms with Gasteiger partial charge in [0.15, 0.2) is 0 Å². The summed E-state index contributed by atoms with van der Waals surface area (Å²) in [6.45, 7) is 0.605. The van der Waals surface area contributed by atoms with E-state index >= 15 is 0 Å². The molecule has 2 unspecified atom stereocenters. The van der Waals surface area contributed by atoms with E-state index in [0.717, 1.165) is 31.4 Å². The number of aromatic nitrogens is 1. The Labute approximate surface area is 119 Å². The molecule has 1 aliphatic carbocycles. The summed E-state index contributed by atoms with van der Waals surface area (Å²) in [5.41, 5.74) is 3.18. The third kappa shape index (κ3) is 3.53. The Hall–Kier alpha value is -1.50. The van der Waals surface area contributed by atoms with Crippen molar-refractivity contribution in [2.45, 2.75) is 44.4 Å². The largest absolute Gasteiger partial charge is 0.391 e. The molecule has 110 valence electrons. The first-order valence-electron chi connectivity index (χ1n) is 6.97. The fourth-order valence-electron chi connectivity index (χ4n) is 2.75. The fraction of sp³-hybridized carbons (Fsp3) is 0.571. The molecular weight excluding hydrogens is 256 g/mol. The lowest BCUT2D eigenvalue weighted by atomic mass is 9.91. The number of nitrogen functional groups attached to an aromatic ring is 1. The molecule has 1 amide bonds. The van der Waals surface area contributed by atoms with Gasteiger partial charge in [-0.1, -0.05) is 18.9 Å². The summed E-state index contributed by atoms with van der Waals surface area (Å²) >= 11 is 0. The lowest BCUT2D eigenvalue weighted by Gasteiger charge is -2.35. The zero-order chi connectivity index (χ0) is 14.5. The maximum absolute atomic E-state index is 11.5. The molecule has 6 nitrogen and oxygen atoms in total. The van der Waals surface area contributed by atoms with Gasteiger partial charge < -0.3 is 5.11 Å². The van der Waals surface area contributed by atoms with Gasteiger partial charge in [0, 0.05) is 12.6 Å². The molecule has 0 saturated heterocycles. The Bertz CT molecular complexity index is 466. The summed E-state index contributed by atoms with van der Waals surface area (Å²) in [6, 6.07) is 5.45. The van der Waals surface area contributed by atoms with Gasteiger partial charge in [-0.25, -0.2) is 10.8 Å². The number of hydrazine groups is 1. The Morgan fingerprint density at radius 2 is 2.25 bits per heavy atom. The summed E-state index contributed by atoms with van der Waals surface area (Å²) < 4.78 is 0. The van der Waals surface area contributed by atoms with Gasteiger partial charge in [0.25, 0.3) is 5.91 Å². The predicted molar refractivity (Wildman–Crippen MR) is 75.6 cm³/mol. The van der Waals surface area contributed by atoms with Crippen LogP contribution in [0.4, 0.5) is 0 Å². The van der Waals surface area contributed by atoms with Crippen molar-refractivity contribution in [3.63, 3.8) is 0 Å². The molecular formula is C14H22N4O2. The lowest BCUT2D eigenvalue weighted by molar-refractivity contribution is 0.0283. The van der Waals surface area contributed by atoms with Crippen molar-refractivity contribution in [3.05, 3.63) is 29.6 Å². The van der Waals surface area contributed by atoms with Crippen LogP contribution in [0, 0.1) is 0 Å². The molecule has 0 bridgehead atoms. The van der Waals surface area contributed by atoms with E-state index in [1.165, 1.54) is 0 Å². The molecule has 4 N–H and O–H groups in total. The quantitative estimate of drug-likeness (QED) is 0.422. The van der Waals surface area contributed by atoms with Gasteiger partial charge in [0.2, 0.25) is 0 Å². The molecule has 1 aromatic heterocycles. The van der Waals surface area contributed by atoms with E-state index < -0.39 is 5.91 Å². The topological polar surface area (TPSA) is 91.5 Å². The highest BCUT2D eigenvalue weighted by atomic mass is 16.3. The van der Waals surface area contributed by atoms with Crippen LogP contribution in [0.2, 0.25) is 0 Å². The van der Waals surface area contributed by atoms with E-state index in [9.17, 15) is 9.90 Å². The van der Waals surface area contributed by atoms with Crippen LogP contribution in [0.5, 0.6) is 0 Å². The van der Waals surface area contributed by atoms with Crippen molar-refractivity contribution >= 4 is 5.91 Å². The normalized spacial score (nSPS) is 22.8. The minimum absolute atomic E-state index is 0.164. The van der Waals surface area contributed by atoms with Gasteiger partial charge >= 0.3 is 0 Å². The van der Waals surface area contributed by atoms with Crippen LogP contribution in [0.25, 0.3) is 0 Å². The van der Waals surface area contributed by atoms with E-state index in [4.69, 9.17) is 5.84 Å². The molecule has 0 radical (unpaired) electrons. The maximum atomic E-state index is 11.5. The first-order valence-corrected chi connectivity index (χ1v) is 6.97. The minimum atomic E-state index is -0.396. The van der Waals surface area contributed by atoms with E-state index in [0.29, 0.717) is 12.2 Å². The number of nitrogens with two attached hydrogens (primary N) is 1. The van der Waals surface area contributed by atoms with Gasteiger partial charge in [-0.05, 0) is 32.0 Å². The highest BCUT2D eigenvalue weighted by Gasteiger charge is 2.26. The van der Waals surface area contributed by atoms with Crippen molar-refractivity contribution in [3.8, 4) is 0 Å². The molecule has 1 aliphatic rings. The molecule has 0 aliphatic heterocycles. The number of aliphatic hydroxyl groups excluding tert-OH is 1. The minimum Gasteiger partial charge on any atom is -0.391 e. The van der Waals surface area contributed by atoms with E-state index in [1.807, 2.05) is 13.1 Å². The third-order valence-corrected chi connectivity index (χ3v) is 3.84. The van der Waals surface area contributed by atoms with Crippen molar-refractivity contribution in [1.29, 1.82) is 0 Å². The molecule has 1 fully saturated rings. The van der Waals surface area contributed by atoms with Gasteiger partial charge in [-0.15, -0.1) is 0 Å². The molecule has 1 aromatic rings. The Morgan fingerprint density at radius 1 is 1.50 bits per heavy atom. The van der Waals surface area contributed by atoms with Crippen LogP contribution >= 0.6 is 0 Å². The number of amides is 1. The molecule has 2 rings (SSSR count). The zero-order valence-corrected chi connectivity index (χ0v) is 11.7. The molecule has 1 heterocycles. The molecule has 0 spiro atoms. The smallest absolute Gasteiger partial charge is 0.283 e. The SMILES string of the molecule is CN(Cc1cccc(C(=O)NN)n1)C1CCCCC1O. The van der Waals surface area contributed by atoms with Crippen LogP contribution in [-0.2, 0) is 6.54 Å². The number of rotatable bonds is 4. The monoisotopic (exact) mass is 278 g/mol.